The molecule has 4 nitrogen and oxygen atoms in total. The fraction of sp³-hybridized carbons (Fsp3) is 0.833. The van der Waals surface area contributed by atoms with Crippen LogP contribution in [-0.4, -0.2) is 42.8 Å². The zero-order valence-corrected chi connectivity index (χ0v) is 10.1. The Morgan fingerprint density at radius 2 is 1.75 bits per heavy atom. The van der Waals surface area contributed by atoms with Crippen LogP contribution in [0.2, 0.25) is 0 Å². The van der Waals surface area contributed by atoms with E-state index in [9.17, 15) is 9.59 Å². The summed E-state index contributed by atoms with van der Waals surface area (Å²) in [6.07, 6.45) is 5.20. The third-order valence-corrected chi connectivity index (χ3v) is 2.86. The van der Waals surface area contributed by atoms with Gasteiger partial charge in [0.05, 0.1) is 6.42 Å². The largest absolute Gasteiger partial charge is 0.354 e. The van der Waals surface area contributed by atoms with Crippen molar-refractivity contribution in [2.24, 2.45) is 0 Å². The molecule has 1 rings (SSSR count). The number of amides is 1. The van der Waals surface area contributed by atoms with Gasteiger partial charge in [0.2, 0.25) is 5.91 Å². The number of likely N-dealkylation sites (tertiary alicyclic amines) is 1. The third kappa shape index (κ3) is 5.85. The number of nitrogens with zero attached hydrogens (tertiary/aromatic N) is 1. The van der Waals surface area contributed by atoms with Crippen LogP contribution in [0.5, 0.6) is 0 Å². The molecule has 1 N–H and O–H groups in total. The van der Waals surface area contributed by atoms with Crippen molar-refractivity contribution in [3.8, 4) is 0 Å². The van der Waals surface area contributed by atoms with Crippen LogP contribution in [0.4, 0.5) is 0 Å². The molecule has 0 aromatic rings. The summed E-state index contributed by atoms with van der Waals surface area (Å²) in [7, 11) is 0. The van der Waals surface area contributed by atoms with Crippen LogP contribution in [0.1, 0.15) is 39.0 Å². The monoisotopic (exact) mass is 226 g/mol. The lowest BCUT2D eigenvalue weighted by atomic mass is 10.2. The molecule has 0 aromatic carbocycles. The van der Waals surface area contributed by atoms with Crippen molar-refractivity contribution >= 4 is 11.7 Å². The molecule has 0 unspecified atom stereocenters. The quantitative estimate of drug-likeness (QED) is 0.710. The molecule has 1 aliphatic rings. The molecule has 4 heteroatoms. The van der Waals surface area contributed by atoms with E-state index in [2.05, 4.69) is 10.2 Å². The zero-order chi connectivity index (χ0) is 11.8. The van der Waals surface area contributed by atoms with Gasteiger partial charge in [-0.25, -0.2) is 0 Å². The lowest BCUT2D eigenvalue weighted by Gasteiger charge is -2.19. The standard InChI is InChI=1S/C12H22N2O2/c1-11(15)10-12(16)13-6-9-14-7-4-2-3-5-8-14/h2-10H2,1H3,(H,13,16). The van der Waals surface area contributed by atoms with Crippen LogP contribution in [0, 0.1) is 0 Å². The molecule has 0 radical (unpaired) electrons. The highest BCUT2D eigenvalue weighted by atomic mass is 16.2. The molecule has 0 spiro atoms. The Morgan fingerprint density at radius 3 is 2.31 bits per heavy atom. The van der Waals surface area contributed by atoms with E-state index in [-0.39, 0.29) is 18.1 Å². The first-order valence-corrected chi connectivity index (χ1v) is 6.17. The van der Waals surface area contributed by atoms with Gasteiger partial charge >= 0.3 is 0 Å². The van der Waals surface area contributed by atoms with E-state index in [4.69, 9.17) is 0 Å². The first kappa shape index (κ1) is 13.2. The maximum Gasteiger partial charge on any atom is 0.227 e. The van der Waals surface area contributed by atoms with E-state index in [0.717, 1.165) is 19.6 Å². The van der Waals surface area contributed by atoms with Gasteiger partial charge in [-0.2, -0.15) is 0 Å². The molecule has 1 amide bonds. The third-order valence-electron chi connectivity index (χ3n) is 2.86. The second kappa shape index (κ2) is 7.39. The second-order valence-electron chi connectivity index (χ2n) is 4.48. The summed E-state index contributed by atoms with van der Waals surface area (Å²) in [6, 6.07) is 0. The first-order valence-electron chi connectivity index (χ1n) is 6.17. The Bertz CT molecular complexity index is 233. The molecule has 1 saturated heterocycles. The highest BCUT2D eigenvalue weighted by Crippen LogP contribution is 2.08. The minimum Gasteiger partial charge on any atom is -0.354 e. The van der Waals surface area contributed by atoms with Crippen molar-refractivity contribution in [3.05, 3.63) is 0 Å². The van der Waals surface area contributed by atoms with E-state index in [0.29, 0.717) is 6.54 Å². The molecule has 0 saturated carbocycles. The SMILES string of the molecule is CC(=O)CC(=O)NCCN1CCCCCC1. The smallest absolute Gasteiger partial charge is 0.227 e. The maximum atomic E-state index is 11.2. The minimum absolute atomic E-state index is 0.0139. The Kier molecular flexibility index (Phi) is 6.08. The van der Waals surface area contributed by atoms with Crippen molar-refractivity contribution in [3.63, 3.8) is 0 Å². The molecule has 0 aliphatic carbocycles. The fourth-order valence-corrected chi connectivity index (χ4v) is 2.00. The van der Waals surface area contributed by atoms with E-state index in [1.807, 2.05) is 0 Å². The first-order chi connectivity index (χ1) is 7.68. The van der Waals surface area contributed by atoms with Gasteiger partial charge in [-0.3, -0.25) is 9.59 Å². The number of hydrogen-bond acceptors (Lipinski definition) is 3. The summed E-state index contributed by atoms with van der Waals surface area (Å²) in [5.41, 5.74) is 0. The predicted molar refractivity (Wildman–Crippen MR) is 63.2 cm³/mol. The van der Waals surface area contributed by atoms with Crippen molar-refractivity contribution in [1.29, 1.82) is 0 Å². The Morgan fingerprint density at radius 1 is 1.12 bits per heavy atom. The van der Waals surface area contributed by atoms with Gasteiger partial charge in [0.25, 0.3) is 0 Å². The number of Topliss-reactive ketones (excluding diaryl/α,β-unsaturated/α-hetero) is 1. The van der Waals surface area contributed by atoms with Crippen molar-refractivity contribution in [2.75, 3.05) is 26.2 Å². The lowest BCUT2D eigenvalue weighted by Crippen LogP contribution is -2.35. The highest BCUT2D eigenvalue weighted by molar-refractivity contribution is 5.96. The Balaban J connectivity index is 2.09. The second-order valence-corrected chi connectivity index (χ2v) is 4.48. The van der Waals surface area contributed by atoms with E-state index in [1.54, 1.807) is 0 Å². The minimum atomic E-state index is -0.151. The van der Waals surface area contributed by atoms with Crippen LogP contribution >= 0.6 is 0 Å². The number of nitrogens with one attached hydrogen (secondary N) is 1. The molecule has 16 heavy (non-hydrogen) atoms. The van der Waals surface area contributed by atoms with E-state index < -0.39 is 0 Å². The van der Waals surface area contributed by atoms with Gasteiger partial charge < -0.3 is 10.2 Å². The topological polar surface area (TPSA) is 49.4 Å². The average molecular weight is 226 g/mol. The Labute approximate surface area is 97.4 Å². The molecule has 0 aromatic heterocycles. The zero-order valence-electron chi connectivity index (χ0n) is 10.1. The van der Waals surface area contributed by atoms with Crippen LogP contribution in [-0.2, 0) is 9.59 Å². The van der Waals surface area contributed by atoms with Crippen LogP contribution in [0.25, 0.3) is 0 Å². The van der Waals surface area contributed by atoms with Gasteiger partial charge in [0, 0.05) is 13.1 Å². The van der Waals surface area contributed by atoms with E-state index in [1.165, 1.54) is 32.6 Å². The van der Waals surface area contributed by atoms with Gasteiger partial charge in [-0.05, 0) is 32.9 Å². The molecule has 1 fully saturated rings. The molecular weight excluding hydrogens is 204 g/mol. The van der Waals surface area contributed by atoms with Crippen molar-refractivity contribution < 1.29 is 9.59 Å². The summed E-state index contributed by atoms with van der Waals surface area (Å²) in [4.78, 5) is 24.3. The number of carbonyl (C=O) groups is 2. The number of hydrogen-bond donors (Lipinski definition) is 1. The molecule has 1 heterocycles. The number of ketones is 1. The average Bonchev–Trinajstić information content (AvgIpc) is 2.45. The van der Waals surface area contributed by atoms with Crippen LogP contribution < -0.4 is 5.32 Å². The molecule has 0 atom stereocenters. The number of carbonyl (C=O) groups excluding carboxylic acids is 2. The van der Waals surface area contributed by atoms with Gasteiger partial charge in [-0.15, -0.1) is 0 Å². The summed E-state index contributed by atoms with van der Waals surface area (Å²) < 4.78 is 0. The molecule has 0 bridgehead atoms. The summed E-state index contributed by atoms with van der Waals surface area (Å²) in [5.74, 6) is -0.227. The normalized spacial score (nSPS) is 17.8. The van der Waals surface area contributed by atoms with Gasteiger partial charge in [0.15, 0.2) is 0 Å². The summed E-state index contributed by atoms with van der Waals surface area (Å²) in [5, 5.41) is 2.78. The molecule has 92 valence electrons. The van der Waals surface area contributed by atoms with Crippen molar-refractivity contribution in [2.45, 2.75) is 39.0 Å². The fourth-order valence-electron chi connectivity index (χ4n) is 2.00. The predicted octanol–water partition coefficient (Wildman–Crippen LogP) is 0.958. The molecular formula is C12H22N2O2. The summed E-state index contributed by atoms with van der Waals surface area (Å²) >= 11 is 0. The van der Waals surface area contributed by atoms with Gasteiger partial charge in [-0.1, -0.05) is 12.8 Å². The maximum absolute atomic E-state index is 11.2. The highest BCUT2D eigenvalue weighted by Gasteiger charge is 2.09. The Hall–Kier alpha value is -0.900. The van der Waals surface area contributed by atoms with E-state index >= 15 is 0 Å². The molecule has 1 aliphatic heterocycles. The van der Waals surface area contributed by atoms with Crippen LogP contribution in [0.15, 0.2) is 0 Å². The number of rotatable bonds is 5. The lowest BCUT2D eigenvalue weighted by molar-refractivity contribution is -0.127. The van der Waals surface area contributed by atoms with Crippen LogP contribution in [0.3, 0.4) is 0 Å². The van der Waals surface area contributed by atoms with Gasteiger partial charge in [0.1, 0.15) is 5.78 Å². The summed E-state index contributed by atoms with van der Waals surface area (Å²) in [6.45, 7) is 5.29. The van der Waals surface area contributed by atoms with Crippen molar-refractivity contribution in [1.82, 2.24) is 10.2 Å².